The van der Waals surface area contributed by atoms with Crippen LogP contribution < -0.4 is 10.1 Å². The Kier molecular flexibility index (Phi) is 4.73. The lowest BCUT2D eigenvalue weighted by molar-refractivity contribution is -0.274. The van der Waals surface area contributed by atoms with Gasteiger partial charge in [-0.2, -0.15) is 5.10 Å². The molecule has 26 heavy (non-hydrogen) atoms. The van der Waals surface area contributed by atoms with E-state index in [1.165, 1.54) is 35.1 Å². The SMILES string of the molecule is Cc1nn(C)c(Cl)c1-c1cncc(Nc2ccc(OC(F)(F)F)cc2)n1. The molecule has 3 aromatic rings. The molecule has 0 saturated carbocycles. The molecule has 0 amide bonds. The van der Waals surface area contributed by atoms with Gasteiger partial charge in [0, 0.05) is 12.7 Å². The van der Waals surface area contributed by atoms with E-state index in [0.29, 0.717) is 33.6 Å². The van der Waals surface area contributed by atoms with Gasteiger partial charge in [-0.1, -0.05) is 11.6 Å². The van der Waals surface area contributed by atoms with Crippen molar-refractivity contribution in [2.24, 2.45) is 7.05 Å². The van der Waals surface area contributed by atoms with Crippen LogP contribution in [0.15, 0.2) is 36.7 Å². The largest absolute Gasteiger partial charge is 0.573 e. The Morgan fingerprint density at radius 3 is 2.42 bits per heavy atom. The number of nitrogens with one attached hydrogen (secondary N) is 1. The first kappa shape index (κ1) is 18.0. The zero-order valence-corrected chi connectivity index (χ0v) is 14.4. The van der Waals surface area contributed by atoms with Gasteiger partial charge in [0.1, 0.15) is 16.7 Å². The fourth-order valence-electron chi connectivity index (χ4n) is 2.36. The second kappa shape index (κ2) is 6.83. The van der Waals surface area contributed by atoms with Crippen LogP contribution in [0.5, 0.6) is 5.75 Å². The maximum Gasteiger partial charge on any atom is 0.573 e. The van der Waals surface area contributed by atoms with E-state index in [2.05, 4.69) is 25.1 Å². The highest BCUT2D eigenvalue weighted by Gasteiger charge is 2.30. The van der Waals surface area contributed by atoms with E-state index in [1.54, 1.807) is 13.2 Å². The van der Waals surface area contributed by atoms with E-state index in [-0.39, 0.29) is 5.75 Å². The van der Waals surface area contributed by atoms with Gasteiger partial charge in [-0.25, -0.2) is 4.98 Å². The molecular formula is C16H13ClF3N5O. The van der Waals surface area contributed by atoms with Crippen molar-refractivity contribution in [1.82, 2.24) is 19.7 Å². The molecule has 0 fully saturated rings. The van der Waals surface area contributed by atoms with Gasteiger partial charge in [0.15, 0.2) is 0 Å². The predicted octanol–water partition coefficient (Wildman–Crippen LogP) is 4.48. The molecule has 0 aliphatic rings. The average molecular weight is 384 g/mol. The number of anilines is 2. The van der Waals surface area contributed by atoms with Gasteiger partial charge < -0.3 is 10.1 Å². The normalized spacial score (nSPS) is 11.5. The number of aryl methyl sites for hydroxylation is 2. The summed E-state index contributed by atoms with van der Waals surface area (Å²) in [5.74, 6) is 0.104. The number of hydrogen-bond donors (Lipinski definition) is 1. The minimum Gasteiger partial charge on any atom is -0.406 e. The van der Waals surface area contributed by atoms with E-state index in [1.807, 2.05) is 6.92 Å². The number of aromatic nitrogens is 4. The topological polar surface area (TPSA) is 64.9 Å². The number of rotatable bonds is 4. The number of hydrogen-bond acceptors (Lipinski definition) is 5. The summed E-state index contributed by atoms with van der Waals surface area (Å²) in [6.45, 7) is 1.81. The Hall–Kier alpha value is -2.81. The highest BCUT2D eigenvalue weighted by molar-refractivity contribution is 6.32. The van der Waals surface area contributed by atoms with Crippen LogP contribution in [0.2, 0.25) is 5.15 Å². The molecule has 1 aromatic carbocycles. The molecule has 0 radical (unpaired) electrons. The molecule has 0 bridgehead atoms. The van der Waals surface area contributed by atoms with Crippen LogP contribution in [-0.2, 0) is 7.05 Å². The van der Waals surface area contributed by atoms with Crippen LogP contribution in [0, 0.1) is 6.92 Å². The molecule has 2 heterocycles. The molecule has 2 aromatic heterocycles. The van der Waals surface area contributed by atoms with Crippen molar-refractivity contribution >= 4 is 23.1 Å². The molecule has 0 atom stereocenters. The summed E-state index contributed by atoms with van der Waals surface area (Å²) in [5.41, 5.74) is 2.43. The number of ether oxygens (including phenoxy) is 1. The highest BCUT2D eigenvalue weighted by Crippen LogP contribution is 2.30. The molecule has 0 saturated heterocycles. The van der Waals surface area contributed by atoms with E-state index in [4.69, 9.17) is 11.6 Å². The third-order valence-corrected chi connectivity index (χ3v) is 3.84. The Morgan fingerprint density at radius 2 is 1.85 bits per heavy atom. The van der Waals surface area contributed by atoms with Gasteiger partial charge in [0.05, 0.1) is 29.3 Å². The van der Waals surface area contributed by atoms with Crippen LogP contribution in [0.25, 0.3) is 11.3 Å². The zero-order chi connectivity index (χ0) is 18.9. The average Bonchev–Trinajstić information content (AvgIpc) is 2.81. The summed E-state index contributed by atoms with van der Waals surface area (Å²) in [6.07, 6.45) is -1.68. The van der Waals surface area contributed by atoms with Crippen molar-refractivity contribution in [3.63, 3.8) is 0 Å². The highest BCUT2D eigenvalue weighted by atomic mass is 35.5. The van der Waals surface area contributed by atoms with Gasteiger partial charge in [0.2, 0.25) is 0 Å². The van der Waals surface area contributed by atoms with Gasteiger partial charge in [-0.3, -0.25) is 9.67 Å². The lowest BCUT2D eigenvalue weighted by atomic mass is 10.2. The first-order valence-electron chi connectivity index (χ1n) is 7.37. The zero-order valence-electron chi connectivity index (χ0n) is 13.7. The molecule has 0 unspecified atom stereocenters. The fourth-order valence-corrected chi connectivity index (χ4v) is 2.63. The second-order valence-corrected chi connectivity index (χ2v) is 5.72. The van der Waals surface area contributed by atoms with Crippen LogP contribution in [0.3, 0.4) is 0 Å². The van der Waals surface area contributed by atoms with Gasteiger partial charge in [-0.05, 0) is 31.2 Å². The Morgan fingerprint density at radius 1 is 1.15 bits per heavy atom. The summed E-state index contributed by atoms with van der Waals surface area (Å²) >= 11 is 6.24. The number of nitrogens with zero attached hydrogens (tertiary/aromatic N) is 4. The summed E-state index contributed by atoms with van der Waals surface area (Å²) in [6, 6.07) is 5.29. The monoisotopic (exact) mass is 383 g/mol. The van der Waals surface area contributed by atoms with Crippen molar-refractivity contribution in [2.45, 2.75) is 13.3 Å². The van der Waals surface area contributed by atoms with Crippen molar-refractivity contribution in [2.75, 3.05) is 5.32 Å². The third-order valence-electron chi connectivity index (χ3n) is 3.40. The van der Waals surface area contributed by atoms with Gasteiger partial charge >= 0.3 is 6.36 Å². The third kappa shape index (κ3) is 4.05. The van der Waals surface area contributed by atoms with Crippen molar-refractivity contribution < 1.29 is 17.9 Å². The van der Waals surface area contributed by atoms with Crippen molar-refractivity contribution in [3.05, 3.63) is 47.5 Å². The van der Waals surface area contributed by atoms with E-state index in [9.17, 15) is 13.2 Å². The summed E-state index contributed by atoms with van der Waals surface area (Å²) < 4.78 is 41.9. The molecular weight excluding hydrogens is 371 g/mol. The predicted molar refractivity (Wildman–Crippen MR) is 90.4 cm³/mol. The van der Waals surface area contributed by atoms with Crippen molar-refractivity contribution in [1.29, 1.82) is 0 Å². The minimum atomic E-state index is -4.73. The Balaban J connectivity index is 1.81. The standard InChI is InChI=1S/C16H13ClF3N5O/c1-9-14(15(17)25(2)24-9)12-7-21-8-13(23-12)22-10-3-5-11(6-4-10)26-16(18,19)20/h3-8H,1-2H3,(H,22,23). The lowest BCUT2D eigenvalue weighted by Gasteiger charge is -2.10. The first-order chi connectivity index (χ1) is 12.2. The molecule has 10 heteroatoms. The molecule has 3 rings (SSSR count). The second-order valence-electron chi connectivity index (χ2n) is 5.36. The summed E-state index contributed by atoms with van der Waals surface area (Å²) in [7, 11) is 1.72. The summed E-state index contributed by atoms with van der Waals surface area (Å²) in [5, 5.41) is 7.63. The molecule has 0 aliphatic carbocycles. The quantitative estimate of drug-likeness (QED) is 0.719. The number of benzene rings is 1. The molecule has 136 valence electrons. The van der Waals surface area contributed by atoms with Crippen molar-refractivity contribution in [3.8, 4) is 17.0 Å². The van der Waals surface area contributed by atoms with E-state index in [0.717, 1.165) is 0 Å². The molecule has 6 nitrogen and oxygen atoms in total. The molecule has 0 spiro atoms. The maximum absolute atomic E-state index is 12.2. The Labute approximate surface area is 151 Å². The van der Waals surface area contributed by atoms with Gasteiger partial charge in [-0.15, -0.1) is 13.2 Å². The van der Waals surface area contributed by atoms with Crippen LogP contribution in [0.4, 0.5) is 24.7 Å². The van der Waals surface area contributed by atoms with Crippen LogP contribution in [0.1, 0.15) is 5.69 Å². The van der Waals surface area contributed by atoms with Crippen LogP contribution in [-0.4, -0.2) is 26.1 Å². The first-order valence-corrected chi connectivity index (χ1v) is 7.75. The number of halogens is 4. The van der Waals surface area contributed by atoms with E-state index >= 15 is 0 Å². The number of alkyl halides is 3. The van der Waals surface area contributed by atoms with Crippen LogP contribution >= 0.6 is 11.6 Å². The summed E-state index contributed by atoms with van der Waals surface area (Å²) in [4.78, 5) is 8.55. The smallest absolute Gasteiger partial charge is 0.406 e. The lowest BCUT2D eigenvalue weighted by Crippen LogP contribution is -2.16. The maximum atomic E-state index is 12.2. The fraction of sp³-hybridized carbons (Fsp3) is 0.188. The molecule has 0 aliphatic heterocycles. The van der Waals surface area contributed by atoms with Gasteiger partial charge in [0.25, 0.3) is 0 Å². The molecule has 1 N–H and O–H groups in total. The Bertz CT molecular complexity index is 925. The minimum absolute atomic E-state index is 0.305. The van der Waals surface area contributed by atoms with E-state index < -0.39 is 6.36 Å².